The lowest BCUT2D eigenvalue weighted by atomic mass is 10.1. The van der Waals surface area contributed by atoms with E-state index in [4.69, 9.17) is 13.9 Å². The minimum atomic E-state index is 0. The number of rotatable bonds is 10. The first-order valence-electron chi connectivity index (χ1n) is 9.72. The Labute approximate surface area is 184 Å². The van der Waals surface area contributed by atoms with Gasteiger partial charge in [0, 0.05) is 32.7 Å². The molecule has 2 N–H and O–H groups in total. The Morgan fingerprint density at radius 2 is 2.18 bits per heavy atom. The lowest BCUT2D eigenvalue weighted by Crippen LogP contribution is -2.38. The Hall–Kier alpha value is -1.74. The number of hydrogen-bond donors (Lipinski definition) is 2. The molecule has 0 spiro atoms. The molecule has 0 aliphatic carbocycles. The molecule has 0 radical (unpaired) electrons. The maximum Gasteiger partial charge on any atom is 0.191 e. The lowest BCUT2D eigenvalue weighted by Gasteiger charge is -2.11. The largest absolute Gasteiger partial charge is 0.493 e. The zero-order chi connectivity index (χ0) is 18.7. The number of nitrogens with zero attached hydrogens (tertiary/aromatic N) is 1. The molecule has 2 aromatic rings. The van der Waals surface area contributed by atoms with Gasteiger partial charge in [-0.05, 0) is 49.1 Å². The number of halogens is 1. The molecule has 1 aromatic carbocycles. The van der Waals surface area contributed by atoms with Gasteiger partial charge in [-0.25, -0.2) is 0 Å². The van der Waals surface area contributed by atoms with Crippen LogP contribution in [0, 0.1) is 0 Å². The van der Waals surface area contributed by atoms with Gasteiger partial charge in [0.25, 0.3) is 0 Å². The van der Waals surface area contributed by atoms with E-state index in [1.54, 1.807) is 6.26 Å². The van der Waals surface area contributed by atoms with Crippen molar-refractivity contribution in [2.45, 2.75) is 32.8 Å². The third kappa shape index (κ3) is 7.35. The highest BCUT2D eigenvalue weighted by atomic mass is 127. The van der Waals surface area contributed by atoms with Gasteiger partial charge in [0.15, 0.2) is 5.96 Å². The molecule has 1 aliphatic heterocycles. The fourth-order valence-electron chi connectivity index (χ4n) is 2.99. The highest BCUT2D eigenvalue weighted by molar-refractivity contribution is 14.0. The third-order valence-electron chi connectivity index (χ3n) is 4.35. The molecule has 0 unspecified atom stereocenters. The summed E-state index contributed by atoms with van der Waals surface area (Å²) in [6.45, 7) is 6.48. The predicted octanol–water partition coefficient (Wildman–Crippen LogP) is 3.54. The second kappa shape index (κ2) is 12.7. The molecular weight excluding hydrogens is 469 g/mol. The van der Waals surface area contributed by atoms with Crippen molar-refractivity contribution < 1.29 is 13.9 Å². The molecule has 154 valence electrons. The number of ether oxygens (including phenoxy) is 2. The van der Waals surface area contributed by atoms with Crippen molar-refractivity contribution in [3.63, 3.8) is 0 Å². The number of aliphatic imine (C=N–C) groups is 1. The van der Waals surface area contributed by atoms with Crippen molar-refractivity contribution >= 4 is 29.9 Å². The summed E-state index contributed by atoms with van der Waals surface area (Å²) in [6.07, 6.45) is 4.52. The van der Waals surface area contributed by atoms with E-state index in [-0.39, 0.29) is 24.0 Å². The third-order valence-corrected chi connectivity index (χ3v) is 4.35. The van der Waals surface area contributed by atoms with Crippen LogP contribution < -0.4 is 15.4 Å². The van der Waals surface area contributed by atoms with E-state index in [1.165, 1.54) is 11.1 Å². The van der Waals surface area contributed by atoms with Gasteiger partial charge in [-0.2, -0.15) is 0 Å². The van der Waals surface area contributed by atoms with E-state index >= 15 is 0 Å². The second-order valence-electron chi connectivity index (χ2n) is 6.46. The SMILES string of the molecule is CCNC(=NCCCOCc1ccco1)NCCc1ccc2c(c1)CCO2.I. The molecule has 2 heterocycles. The Morgan fingerprint density at radius 3 is 3.00 bits per heavy atom. The van der Waals surface area contributed by atoms with Crippen LogP contribution >= 0.6 is 24.0 Å². The number of nitrogens with one attached hydrogen (secondary N) is 2. The molecule has 1 aromatic heterocycles. The van der Waals surface area contributed by atoms with Crippen LogP contribution in [0.2, 0.25) is 0 Å². The number of fused-ring (bicyclic) bond motifs is 1. The Kier molecular flexibility index (Phi) is 10.2. The van der Waals surface area contributed by atoms with Crippen molar-refractivity contribution in [2.24, 2.45) is 4.99 Å². The average Bonchev–Trinajstić information content (AvgIpc) is 3.35. The quantitative estimate of drug-likeness (QED) is 0.227. The smallest absolute Gasteiger partial charge is 0.191 e. The van der Waals surface area contributed by atoms with Crippen LogP contribution in [-0.2, 0) is 24.2 Å². The Morgan fingerprint density at radius 1 is 1.25 bits per heavy atom. The zero-order valence-corrected chi connectivity index (χ0v) is 18.7. The Balaban J connectivity index is 0.00000280. The summed E-state index contributed by atoms with van der Waals surface area (Å²) in [7, 11) is 0. The summed E-state index contributed by atoms with van der Waals surface area (Å²) in [5, 5.41) is 6.69. The van der Waals surface area contributed by atoms with Crippen molar-refractivity contribution in [3.05, 3.63) is 53.5 Å². The first-order chi connectivity index (χ1) is 13.3. The molecule has 0 fully saturated rings. The maximum atomic E-state index is 5.58. The molecule has 0 atom stereocenters. The summed E-state index contributed by atoms with van der Waals surface area (Å²) in [6, 6.07) is 10.3. The zero-order valence-electron chi connectivity index (χ0n) is 16.4. The molecule has 7 heteroatoms. The summed E-state index contributed by atoms with van der Waals surface area (Å²) >= 11 is 0. The van der Waals surface area contributed by atoms with Crippen LogP contribution in [0.1, 0.15) is 30.2 Å². The van der Waals surface area contributed by atoms with E-state index in [9.17, 15) is 0 Å². The summed E-state index contributed by atoms with van der Waals surface area (Å²) < 4.78 is 16.4. The van der Waals surface area contributed by atoms with E-state index in [1.807, 2.05) is 12.1 Å². The average molecular weight is 499 g/mol. The molecule has 0 bridgehead atoms. The maximum absolute atomic E-state index is 5.58. The van der Waals surface area contributed by atoms with Crippen molar-refractivity contribution in [1.29, 1.82) is 0 Å². The predicted molar refractivity (Wildman–Crippen MR) is 122 cm³/mol. The van der Waals surface area contributed by atoms with Crippen molar-refractivity contribution in [2.75, 3.05) is 32.8 Å². The highest BCUT2D eigenvalue weighted by Gasteiger charge is 2.11. The van der Waals surface area contributed by atoms with E-state index < -0.39 is 0 Å². The van der Waals surface area contributed by atoms with Crippen LogP contribution in [0.5, 0.6) is 5.75 Å². The van der Waals surface area contributed by atoms with Gasteiger partial charge in [0.1, 0.15) is 18.1 Å². The van der Waals surface area contributed by atoms with Crippen LogP contribution in [0.25, 0.3) is 0 Å². The molecule has 28 heavy (non-hydrogen) atoms. The molecular formula is C21H30IN3O3. The van der Waals surface area contributed by atoms with Gasteiger partial charge < -0.3 is 24.5 Å². The molecule has 3 rings (SSSR count). The molecule has 1 aliphatic rings. The fourth-order valence-corrected chi connectivity index (χ4v) is 2.99. The van der Waals surface area contributed by atoms with Crippen LogP contribution in [0.15, 0.2) is 46.0 Å². The van der Waals surface area contributed by atoms with E-state index in [2.05, 4.69) is 40.7 Å². The normalized spacial score (nSPS) is 12.8. The van der Waals surface area contributed by atoms with Gasteiger partial charge >= 0.3 is 0 Å². The summed E-state index contributed by atoms with van der Waals surface area (Å²) in [5.74, 6) is 2.75. The summed E-state index contributed by atoms with van der Waals surface area (Å²) in [4.78, 5) is 4.61. The molecule has 0 saturated carbocycles. The summed E-state index contributed by atoms with van der Waals surface area (Å²) in [5.41, 5.74) is 2.65. The highest BCUT2D eigenvalue weighted by Crippen LogP contribution is 2.25. The standard InChI is InChI=1S/C21H29N3O3.HI/c1-2-22-21(23-10-4-12-25-16-19-5-3-13-26-19)24-11-8-17-6-7-20-18(15-17)9-14-27-20;/h3,5-7,13,15H,2,4,8-12,14,16H2,1H3,(H2,22,23,24);1H. The minimum absolute atomic E-state index is 0. The number of benzene rings is 1. The van der Waals surface area contributed by atoms with Crippen molar-refractivity contribution in [3.8, 4) is 5.75 Å². The van der Waals surface area contributed by atoms with Crippen LogP contribution in [0.3, 0.4) is 0 Å². The van der Waals surface area contributed by atoms with Crippen LogP contribution in [0.4, 0.5) is 0 Å². The monoisotopic (exact) mass is 499 g/mol. The van der Waals surface area contributed by atoms with Crippen LogP contribution in [-0.4, -0.2) is 38.8 Å². The van der Waals surface area contributed by atoms with Gasteiger partial charge in [-0.15, -0.1) is 24.0 Å². The van der Waals surface area contributed by atoms with Gasteiger partial charge in [-0.1, -0.05) is 12.1 Å². The topological polar surface area (TPSA) is 68.0 Å². The number of guanidine groups is 1. The number of furan rings is 1. The van der Waals surface area contributed by atoms with E-state index in [0.717, 1.165) is 63.0 Å². The molecule has 0 saturated heterocycles. The van der Waals surface area contributed by atoms with E-state index in [0.29, 0.717) is 13.2 Å². The first kappa shape index (κ1) is 22.5. The first-order valence-corrected chi connectivity index (χ1v) is 9.72. The van der Waals surface area contributed by atoms with Gasteiger partial charge in [0.2, 0.25) is 0 Å². The molecule has 0 amide bonds. The lowest BCUT2D eigenvalue weighted by molar-refractivity contribution is 0.105. The number of hydrogen-bond acceptors (Lipinski definition) is 4. The van der Waals surface area contributed by atoms with Gasteiger partial charge in [-0.3, -0.25) is 4.99 Å². The molecule has 6 nitrogen and oxygen atoms in total. The Bertz CT molecular complexity index is 720. The second-order valence-corrected chi connectivity index (χ2v) is 6.46. The fraction of sp³-hybridized carbons (Fsp3) is 0.476. The van der Waals surface area contributed by atoms with Gasteiger partial charge in [0.05, 0.1) is 12.9 Å². The minimum Gasteiger partial charge on any atom is -0.493 e. The van der Waals surface area contributed by atoms with Crippen molar-refractivity contribution in [1.82, 2.24) is 10.6 Å².